The standard InChI is InChI=1S/C21H25BClN3O4/c1-20(2)21(3,4)30-22(29-20)17(10-16-11-24-18(23)25-12-16)13-26-19(27)28-14-15-8-6-5-7-9-15/h5-12H,13-14H2,1-4H3,(H,26,27). The molecule has 0 saturated carbocycles. The smallest absolute Gasteiger partial charge is 0.445 e. The van der Waals surface area contributed by atoms with E-state index in [4.69, 9.17) is 25.6 Å². The van der Waals surface area contributed by atoms with Crippen LogP contribution in [0.5, 0.6) is 0 Å². The number of carbonyl (C=O) groups is 1. The zero-order valence-electron chi connectivity index (χ0n) is 17.5. The molecule has 2 aromatic rings. The maximum Gasteiger partial charge on any atom is 0.492 e. The second-order valence-electron chi connectivity index (χ2n) is 8.01. The highest BCUT2D eigenvalue weighted by molar-refractivity contribution is 6.56. The van der Waals surface area contributed by atoms with Crippen LogP contribution in [-0.4, -0.2) is 40.9 Å². The molecular formula is C21H25BClN3O4. The minimum Gasteiger partial charge on any atom is -0.445 e. The lowest BCUT2D eigenvalue weighted by Crippen LogP contribution is -2.41. The molecule has 9 heteroatoms. The second kappa shape index (κ2) is 9.16. The van der Waals surface area contributed by atoms with Crippen molar-refractivity contribution in [2.45, 2.75) is 45.5 Å². The molecule has 1 N–H and O–H groups in total. The Labute approximate surface area is 181 Å². The van der Waals surface area contributed by atoms with Crippen molar-refractivity contribution in [1.82, 2.24) is 15.3 Å². The molecule has 0 aliphatic carbocycles. The lowest BCUT2D eigenvalue weighted by Gasteiger charge is -2.32. The molecule has 158 valence electrons. The number of halogens is 1. The van der Waals surface area contributed by atoms with Crippen molar-refractivity contribution in [1.29, 1.82) is 0 Å². The van der Waals surface area contributed by atoms with Crippen LogP contribution in [0.1, 0.15) is 38.8 Å². The summed E-state index contributed by atoms with van der Waals surface area (Å²) in [6.45, 7) is 8.24. The summed E-state index contributed by atoms with van der Waals surface area (Å²) in [4.78, 5) is 20.2. The number of benzene rings is 1. The van der Waals surface area contributed by atoms with Gasteiger partial charge in [0.25, 0.3) is 0 Å². The van der Waals surface area contributed by atoms with Gasteiger partial charge in [0.05, 0.1) is 11.2 Å². The Hall–Kier alpha value is -2.42. The van der Waals surface area contributed by atoms with Crippen LogP contribution in [0.25, 0.3) is 6.08 Å². The van der Waals surface area contributed by atoms with Gasteiger partial charge in [-0.05, 0) is 50.3 Å². The van der Waals surface area contributed by atoms with Gasteiger partial charge in [0.2, 0.25) is 5.28 Å². The summed E-state index contributed by atoms with van der Waals surface area (Å²) in [5.74, 6) is 0. The molecule has 30 heavy (non-hydrogen) atoms. The molecule has 1 aromatic carbocycles. The number of ether oxygens (including phenoxy) is 1. The van der Waals surface area contributed by atoms with Crippen LogP contribution in [0, 0.1) is 0 Å². The van der Waals surface area contributed by atoms with Gasteiger partial charge in [-0.15, -0.1) is 0 Å². The van der Waals surface area contributed by atoms with E-state index in [1.807, 2.05) is 64.1 Å². The van der Waals surface area contributed by atoms with Gasteiger partial charge in [-0.25, -0.2) is 14.8 Å². The average Bonchev–Trinajstić information content (AvgIpc) is 2.93. The molecule has 1 aliphatic heterocycles. The third kappa shape index (κ3) is 5.59. The third-order valence-electron chi connectivity index (χ3n) is 5.20. The normalized spacial score (nSPS) is 17.6. The van der Waals surface area contributed by atoms with E-state index >= 15 is 0 Å². The van der Waals surface area contributed by atoms with E-state index in [2.05, 4.69) is 15.3 Å². The van der Waals surface area contributed by atoms with Crippen molar-refractivity contribution >= 4 is 30.9 Å². The quantitative estimate of drug-likeness (QED) is 0.550. The molecule has 0 radical (unpaired) electrons. The van der Waals surface area contributed by atoms with Gasteiger partial charge in [0.15, 0.2) is 0 Å². The number of carbonyl (C=O) groups excluding carboxylic acids is 1. The van der Waals surface area contributed by atoms with Crippen molar-refractivity contribution in [2.75, 3.05) is 6.54 Å². The van der Waals surface area contributed by atoms with E-state index in [0.717, 1.165) is 5.56 Å². The second-order valence-corrected chi connectivity index (χ2v) is 8.35. The number of amides is 1. The number of nitrogens with zero attached hydrogens (tertiary/aromatic N) is 2. The summed E-state index contributed by atoms with van der Waals surface area (Å²) in [6, 6.07) is 9.48. The molecular weight excluding hydrogens is 405 g/mol. The van der Waals surface area contributed by atoms with Gasteiger partial charge in [0.1, 0.15) is 6.61 Å². The molecule has 1 saturated heterocycles. The Morgan fingerprint density at radius 2 is 1.73 bits per heavy atom. The van der Waals surface area contributed by atoms with Gasteiger partial charge in [-0.3, -0.25) is 0 Å². The minimum absolute atomic E-state index is 0.159. The molecule has 0 unspecified atom stereocenters. The molecule has 7 nitrogen and oxygen atoms in total. The van der Waals surface area contributed by atoms with Gasteiger partial charge < -0.3 is 19.4 Å². The summed E-state index contributed by atoms with van der Waals surface area (Å²) in [5.41, 5.74) is 1.30. The topological polar surface area (TPSA) is 82.6 Å². The minimum atomic E-state index is -0.639. The molecule has 2 heterocycles. The fraction of sp³-hybridized carbons (Fsp3) is 0.381. The first-order valence-corrected chi connectivity index (χ1v) is 10.0. The van der Waals surface area contributed by atoms with Crippen LogP contribution in [0.3, 0.4) is 0 Å². The van der Waals surface area contributed by atoms with Gasteiger partial charge in [-0.2, -0.15) is 0 Å². The van der Waals surface area contributed by atoms with E-state index in [-0.39, 0.29) is 18.4 Å². The van der Waals surface area contributed by atoms with Crippen LogP contribution in [0.15, 0.2) is 48.2 Å². The van der Waals surface area contributed by atoms with Gasteiger partial charge in [0, 0.05) is 24.5 Å². The lowest BCUT2D eigenvalue weighted by atomic mass is 9.77. The van der Waals surface area contributed by atoms with E-state index in [9.17, 15) is 4.79 Å². The highest BCUT2D eigenvalue weighted by atomic mass is 35.5. The number of aromatic nitrogens is 2. The average molecular weight is 430 g/mol. The number of hydrogen-bond acceptors (Lipinski definition) is 6. The first-order valence-electron chi connectivity index (χ1n) is 9.64. The molecule has 1 fully saturated rings. The van der Waals surface area contributed by atoms with Crippen LogP contribution in [-0.2, 0) is 20.7 Å². The lowest BCUT2D eigenvalue weighted by molar-refractivity contribution is 0.00578. The Morgan fingerprint density at radius 1 is 1.13 bits per heavy atom. The van der Waals surface area contributed by atoms with E-state index in [1.54, 1.807) is 12.4 Å². The molecule has 0 bridgehead atoms. The molecule has 1 aliphatic rings. The number of alkyl carbamates (subject to hydrolysis) is 1. The fourth-order valence-corrected chi connectivity index (χ4v) is 2.85. The van der Waals surface area contributed by atoms with Gasteiger partial charge >= 0.3 is 13.2 Å². The van der Waals surface area contributed by atoms with Crippen LogP contribution >= 0.6 is 11.6 Å². The van der Waals surface area contributed by atoms with Crippen LogP contribution < -0.4 is 5.32 Å². The van der Waals surface area contributed by atoms with E-state index < -0.39 is 24.4 Å². The monoisotopic (exact) mass is 429 g/mol. The highest BCUT2D eigenvalue weighted by Crippen LogP contribution is 2.38. The summed E-state index contributed by atoms with van der Waals surface area (Å²) in [7, 11) is -0.639. The molecule has 1 aromatic heterocycles. The Balaban J connectivity index is 1.70. The first-order chi connectivity index (χ1) is 14.2. The fourth-order valence-electron chi connectivity index (χ4n) is 2.76. The summed E-state index contributed by atoms with van der Waals surface area (Å²) >= 11 is 5.77. The zero-order valence-corrected chi connectivity index (χ0v) is 18.3. The number of hydrogen-bond donors (Lipinski definition) is 1. The Kier molecular flexibility index (Phi) is 6.80. The molecule has 0 atom stereocenters. The van der Waals surface area contributed by atoms with Crippen molar-refractivity contribution < 1.29 is 18.8 Å². The van der Waals surface area contributed by atoms with E-state index in [0.29, 0.717) is 11.0 Å². The zero-order chi connectivity index (χ0) is 21.8. The van der Waals surface area contributed by atoms with Crippen LogP contribution in [0.2, 0.25) is 5.28 Å². The summed E-state index contributed by atoms with van der Waals surface area (Å²) in [6.07, 6.45) is 4.46. The maximum atomic E-state index is 12.2. The molecule has 1 amide bonds. The van der Waals surface area contributed by atoms with Crippen molar-refractivity contribution in [3.8, 4) is 0 Å². The molecule has 0 spiro atoms. The van der Waals surface area contributed by atoms with E-state index in [1.165, 1.54) is 0 Å². The Bertz CT molecular complexity index is 888. The van der Waals surface area contributed by atoms with Crippen molar-refractivity contribution in [3.63, 3.8) is 0 Å². The first kappa shape index (κ1) is 22.3. The number of rotatable bonds is 6. The van der Waals surface area contributed by atoms with Gasteiger partial charge in [-0.1, -0.05) is 36.4 Å². The maximum absolute atomic E-state index is 12.2. The summed E-state index contributed by atoms with van der Waals surface area (Å²) in [5, 5.41) is 2.92. The predicted molar refractivity (Wildman–Crippen MR) is 116 cm³/mol. The Morgan fingerprint density at radius 3 is 2.33 bits per heavy atom. The van der Waals surface area contributed by atoms with Crippen molar-refractivity contribution in [2.24, 2.45) is 0 Å². The SMILES string of the molecule is CC1(C)OB(C(=Cc2cnc(Cl)nc2)CNC(=O)OCc2ccccc2)OC1(C)C. The summed E-state index contributed by atoms with van der Waals surface area (Å²) < 4.78 is 17.6. The highest BCUT2D eigenvalue weighted by Gasteiger charge is 2.52. The largest absolute Gasteiger partial charge is 0.492 e. The third-order valence-corrected chi connectivity index (χ3v) is 5.39. The molecule has 3 rings (SSSR count). The predicted octanol–water partition coefficient (Wildman–Crippen LogP) is 4.07. The van der Waals surface area contributed by atoms with Crippen molar-refractivity contribution in [3.05, 3.63) is 64.6 Å². The number of nitrogens with one attached hydrogen (secondary N) is 1. The van der Waals surface area contributed by atoms with Crippen LogP contribution in [0.4, 0.5) is 4.79 Å².